The molecule has 1 aliphatic heterocycles. The molecule has 1 unspecified atom stereocenters. The van der Waals surface area contributed by atoms with E-state index in [-0.39, 0.29) is 11.6 Å². The first-order valence-corrected chi connectivity index (χ1v) is 10.6. The second-order valence-corrected chi connectivity index (χ2v) is 8.33. The van der Waals surface area contributed by atoms with Gasteiger partial charge in [-0.25, -0.2) is 9.59 Å². The highest BCUT2D eigenvalue weighted by Crippen LogP contribution is 2.25. The predicted molar refractivity (Wildman–Crippen MR) is 122 cm³/mol. The van der Waals surface area contributed by atoms with Gasteiger partial charge in [0.15, 0.2) is 0 Å². The van der Waals surface area contributed by atoms with Crippen molar-refractivity contribution < 1.29 is 13.9 Å². The third-order valence-corrected chi connectivity index (χ3v) is 6.24. The van der Waals surface area contributed by atoms with Gasteiger partial charge in [-0.2, -0.15) is 0 Å². The van der Waals surface area contributed by atoms with E-state index >= 15 is 0 Å². The van der Waals surface area contributed by atoms with Crippen molar-refractivity contribution in [2.24, 2.45) is 0 Å². The summed E-state index contributed by atoms with van der Waals surface area (Å²) < 4.78 is 10.2. The molecule has 0 spiro atoms. The highest BCUT2D eigenvalue weighted by molar-refractivity contribution is 5.89. The molecule has 2 aromatic carbocycles. The van der Waals surface area contributed by atoms with E-state index in [4.69, 9.17) is 9.15 Å². The zero-order valence-electron chi connectivity index (χ0n) is 18.5. The Kier molecular flexibility index (Phi) is 5.83. The molecule has 31 heavy (non-hydrogen) atoms. The van der Waals surface area contributed by atoms with Gasteiger partial charge in [-0.3, -0.25) is 4.90 Å². The monoisotopic (exact) mass is 420 g/mol. The minimum absolute atomic E-state index is 0.303. The highest BCUT2D eigenvalue weighted by atomic mass is 16.5. The largest absolute Gasteiger partial charge is 0.465 e. The van der Waals surface area contributed by atoms with Crippen molar-refractivity contribution >= 4 is 22.6 Å². The summed E-state index contributed by atoms with van der Waals surface area (Å²) in [4.78, 5) is 28.5. The van der Waals surface area contributed by atoms with Crippen LogP contribution in [0.3, 0.4) is 0 Å². The Morgan fingerprint density at radius 2 is 1.81 bits per heavy atom. The molecule has 1 saturated heterocycles. The first-order valence-electron chi connectivity index (χ1n) is 10.6. The summed E-state index contributed by atoms with van der Waals surface area (Å²) in [5.74, 6) is -0.324. The number of aryl methyl sites for hydroxylation is 2. The van der Waals surface area contributed by atoms with Crippen molar-refractivity contribution in [3.8, 4) is 0 Å². The van der Waals surface area contributed by atoms with Crippen LogP contribution in [0.4, 0.5) is 5.69 Å². The van der Waals surface area contributed by atoms with Gasteiger partial charge >= 0.3 is 11.6 Å². The van der Waals surface area contributed by atoms with E-state index in [9.17, 15) is 9.59 Å². The van der Waals surface area contributed by atoms with Gasteiger partial charge < -0.3 is 14.1 Å². The molecule has 6 nitrogen and oxygen atoms in total. The molecule has 4 rings (SSSR count). The van der Waals surface area contributed by atoms with Gasteiger partial charge in [0.05, 0.1) is 12.7 Å². The van der Waals surface area contributed by atoms with E-state index in [1.165, 1.54) is 12.7 Å². The van der Waals surface area contributed by atoms with Crippen LogP contribution < -0.4 is 10.5 Å². The Bertz CT molecular complexity index is 1170. The summed E-state index contributed by atoms with van der Waals surface area (Å²) in [5, 5.41) is 1.01. The standard InChI is InChI=1S/C25H28N2O4/c1-16-11-22-20(13-24(28)31-23(22)12-17(16)2)15-26-9-10-27(14-18(26)3)21-7-5-19(6-8-21)25(29)30-4/h5-8,11-13,18H,9-10,14-15H2,1-4H3. The third-order valence-electron chi connectivity index (χ3n) is 6.24. The van der Waals surface area contributed by atoms with Crippen LogP contribution >= 0.6 is 0 Å². The normalized spacial score (nSPS) is 17.2. The molecule has 0 aliphatic carbocycles. The Labute approximate surface area is 182 Å². The summed E-state index contributed by atoms with van der Waals surface area (Å²) in [7, 11) is 1.39. The van der Waals surface area contributed by atoms with Gasteiger partial charge in [0.1, 0.15) is 5.58 Å². The van der Waals surface area contributed by atoms with E-state index in [0.717, 1.165) is 41.8 Å². The number of benzene rings is 2. The number of carbonyl (C=O) groups excluding carboxylic acids is 1. The number of carbonyl (C=O) groups is 1. The smallest absolute Gasteiger partial charge is 0.337 e. The van der Waals surface area contributed by atoms with Crippen molar-refractivity contribution in [3.05, 3.63) is 75.1 Å². The van der Waals surface area contributed by atoms with Crippen LogP contribution in [0.2, 0.25) is 0 Å². The Morgan fingerprint density at radius 1 is 1.10 bits per heavy atom. The Hall–Kier alpha value is -3.12. The number of rotatable bonds is 4. The first-order chi connectivity index (χ1) is 14.9. The molecule has 0 bridgehead atoms. The lowest BCUT2D eigenvalue weighted by Gasteiger charge is -2.41. The van der Waals surface area contributed by atoms with Crippen LogP contribution in [0.15, 0.2) is 51.7 Å². The second-order valence-electron chi connectivity index (χ2n) is 8.33. The van der Waals surface area contributed by atoms with Crippen molar-refractivity contribution in [1.29, 1.82) is 0 Å². The van der Waals surface area contributed by atoms with Gasteiger partial charge in [0.25, 0.3) is 0 Å². The van der Waals surface area contributed by atoms with Crippen molar-refractivity contribution in [3.63, 3.8) is 0 Å². The fourth-order valence-corrected chi connectivity index (χ4v) is 4.22. The van der Waals surface area contributed by atoms with Crippen LogP contribution in [-0.4, -0.2) is 43.7 Å². The average Bonchev–Trinajstić information content (AvgIpc) is 2.76. The van der Waals surface area contributed by atoms with Gasteiger partial charge in [0, 0.05) is 49.4 Å². The number of methoxy groups -OCH3 is 1. The summed E-state index contributed by atoms with van der Waals surface area (Å²) in [5.41, 5.74) is 5.32. The highest BCUT2D eigenvalue weighted by Gasteiger charge is 2.25. The number of piperazine rings is 1. The van der Waals surface area contributed by atoms with Crippen LogP contribution in [0, 0.1) is 13.8 Å². The van der Waals surface area contributed by atoms with E-state index in [1.54, 1.807) is 18.2 Å². The molecular formula is C25H28N2O4. The molecule has 0 amide bonds. The van der Waals surface area contributed by atoms with E-state index in [2.05, 4.69) is 29.7 Å². The maximum Gasteiger partial charge on any atom is 0.337 e. The van der Waals surface area contributed by atoms with E-state index < -0.39 is 0 Å². The zero-order chi connectivity index (χ0) is 22.1. The fraction of sp³-hybridized carbons (Fsp3) is 0.360. The molecule has 1 fully saturated rings. The predicted octanol–water partition coefficient (Wildman–Crippen LogP) is 3.91. The van der Waals surface area contributed by atoms with E-state index in [0.29, 0.717) is 23.7 Å². The molecular weight excluding hydrogens is 392 g/mol. The average molecular weight is 421 g/mol. The Morgan fingerprint density at radius 3 is 2.48 bits per heavy atom. The Balaban J connectivity index is 1.51. The maximum atomic E-state index is 12.1. The summed E-state index contributed by atoms with van der Waals surface area (Å²) >= 11 is 0. The molecule has 0 radical (unpaired) electrons. The number of anilines is 1. The molecule has 1 aromatic heterocycles. The minimum atomic E-state index is -0.324. The fourth-order valence-electron chi connectivity index (χ4n) is 4.22. The lowest BCUT2D eigenvalue weighted by atomic mass is 10.0. The van der Waals surface area contributed by atoms with Crippen LogP contribution in [0.25, 0.3) is 11.0 Å². The third kappa shape index (κ3) is 4.35. The van der Waals surface area contributed by atoms with Crippen LogP contribution in [0.5, 0.6) is 0 Å². The van der Waals surface area contributed by atoms with Gasteiger partial charge in [-0.05, 0) is 73.9 Å². The first kappa shape index (κ1) is 21.1. The van der Waals surface area contributed by atoms with Gasteiger partial charge in [-0.15, -0.1) is 0 Å². The van der Waals surface area contributed by atoms with E-state index in [1.807, 2.05) is 25.1 Å². The number of esters is 1. The van der Waals surface area contributed by atoms with Crippen LogP contribution in [0.1, 0.15) is 34.0 Å². The number of nitrogens with zero attached hydrogens (tertiary/aromatic N) is 2. The maximum absolute atomic E-state index is 12.1. The molecule has 1 atom stereocenters. The lowest BCUT2D eigenvalue weighted by molar-refractivity contribution is 0.0600. The lowest BCUT2D eigenvalue weighted by Crippen LogP contribution is -2.51. The number of fused-ring (bicyclic) bond motifs is 1. The number of hydrogen-bond donors (Lipinski definition) is 0. The van der Waals surface area contributed by atoms with Crippen molar-refractivity contribution in [2.45, 2.75) is 33.4 Å². The summed E-state index contributed by atoms with van der Waals surface area (Å²) in [6.07, 6.45) is 0. The summed E-state index contributed by atoms with van der Waals surface area (Å²) in [6.45, 7) is 9.65. The number of hydrogen-bond acceptors (Lipinski definition) is 6. The molecule has 0 saturated carbocycles. The minimum Gasteiger partial charge on any atom is -0.465 e. The molecule has 6 heteroatoms. The quantitative estimate of drug-likeness (QED) is 0.471. The van der Waals surface area contributed by atoms with Crippen molar-refractivity contribution in [1.82, 2.24) is 4.90 Å². The van der Waals surface area contributed by atoms with Gasteiger partial charge in [0.2, 0.25) is 0 Å². The second kappa shape index (κ2) is 8.55. The molecule has 0 N–H and O–H groups in total. The molecule has 2 heterocycles. The molecule has 162 valence electrons. The zero-order valence-corrected chi connectivity index (χ0v) is 18.5. The van der Waals surface area contributed by atoms with Gasteiger partial charge in [-0.1, -0.05) is 0 Å². The molecule has 1 aliphatic rings. The topological polar surface area (TPSA) is 63.0 Å². The van der Waals surface area contributed by atoms with Crippen molar-refractivity contribution in [2.75, 3.05) is 31.6 Å². The molecule has 3 aromatic rings. The van der Waals surface area contributed by atoms with Crippen LogP contribution in [-0.2, 0) is 11.3 Å². The number of ether oxygens (including phenoxy) is 1. The summed E-state index contributed by atoms with van der Waals surface area (Å²) in [6, 6.07) is 13.5. The SMILES string of the molecule is COC(=O)c1ccc(N2CCN(Cc3cc(=O)oc4cc(C)c(C)cc34)C(C)C2)cc1.